The van der Waals surface area contributed by atoms with Crippen LogP contribution in [-0.4, -0.2) is 30.3 Å². The summed E-state index contributed by atoms with van der Waals surface area (Å²) in [4.78, 5) is 0. The molecule has 6 heteroatoms. The van der Waals surface area contributed by atoms with Crippen LogP contribution >= 0.6 is 0 Å². The molecule has 10 unspecified atom stereocenters. The lowest BCUT2D eigenvalue weighted by Crippen LogP contribution is -2.53. The Morgan fingerprint density at radius 2 is 1.80 bits per heavy atom. The first-order chi connectivity index (χ1) is 16.1. The van der Waals surface area contributed by atoms with E-state index in [1.54, 1.807) is 0 Å². The molecule has 0 aliphatic heterocycles. The predicted octanol–water partition coefficient (Wildman–Crippen LogP) is 6.82. The summed E-state index contributed by atoms with van der Waals surface area (Å²) in [5, 5.41) is 10.6. The van der Waals surface area contributed by atoms with Crippen molar-refractivity contribution in [2.45, 2.75) is 118 Å². The molecule has 0 bridgehead atoms. The second-order valence-electron chi connectivity index (χ2n) is 14.3. The monoisotopic (exact) mass is 510 g/mol. The normalized spacial score (nSPS) is 43.5. The average molecular weight is 511 g/mol. The molecule has 202 valence electrons. The lowest BCUT2D eigenvalue weighted by molar-refractivity contribution is -0.0834. The molecule has 4 aliphatic carbocycles. The number of allylic oxidation sites excluding steroid dienone is 1. The summed E-state index contributed by atoms with van der Waals surface area (Å²) in [5.41, 5.74) is 1.84. The quantitative estimate of drug-likeness (QED) is 0.302. The van der Waals surface area contributed by atoms with E-state index >= 15 is 0 Å². The Bertz CT molecular complexity index is 920. The number of aliphatic hydroxyl groups is 1. The van der Waals surface area contributed by atoms with Gasteiger partial charge in [-0.15, -0.1) is 0 Å². The fourth-order valence-corrected chi connectivity index (χ4v) is 9.55. The molecule has 3 fully saturated rings. The van der Waals surface area contributed by atoms with Crippen LogP contribution in [0.4, 0.5) is 0 Å². The fraction of sp³-hybridized carbons (Fsp3) is 0.931. The summed E-state index contributed by atoms with van der Waals surface area (Å²) in [6.07, 6.45) is 10.2. The smallest absolute Gasteiger partial charge is 0.390 e. The average Bonchev–Trinajstić information content (AvgIpc) is 3.08. The summed E-state index contributed by atoms with van der Waals surface area (Å²) in [6, 6.07) is 0. The van der Waals surface area contributed by atoms with E-state index in [1.807, 2.05) is 0 Å². The van der Waals surface area contributed by atoms with Gasteiger partial charge in [-0.2, -0.15) is 8.42 Å². The molecule has 0 saturated heterocycles. The van der Waals surface area contributed by atoms with Crippen LogP contribution in [0, 0.1) is 51.8 Å². The second kappa shape index (κ2) is 9.39. The van der Waals surface area contributed by atoms with E-state index < -0.39 is 22.6 Å². The Labute approximate surface area is 214 Å². The Balaban J connectivity index is 1.50. The number of rotatable bonds is 6. The van der Waals surface area contributed by atoms with Gasteiger partial charge in [-0.25, -0.2) is 4.18 Å². The lowest BCUT2D eigenvalue weighted by atomic mass is 9.46. The second-order valence-corrected chi connectivity index (χ2v) is 15.4. The third kappa shape index (κ3) is 5.15. The maximum Gasteiger partial charge on any atom is 0.397 e. The molecule has 4 rings (SSSR count). The largest absolute Gasteiger partial charge is 0.397 e. The van der Waals surface area contributed by atoms with Gasteiger partial charge < -0.3 is 5.11 Å². The highest BCUT2D eigenvalue weighted by atomic mass is 32.3. The number of hydrogen-bond acceptors (Lipinski definition) is 4. The van der Waals surface area contributed by atoms with Crippen molar-refractivity contribution in [3.05, 3.63) is 11.6 Å². The molecule has 35 heavy (non-hydrogen) atoms. The van der Waals surface area contributed by atoms with Gasteiger partial charge in [0.2, 0.25) is 0 Å². The molecule has 0 aromatic carbocycles. The van der Waals surface area contributed by atoms with E-state index in [-0.39, 0.29) is 5.41 Å². The van der Waals surface area contributed by atoms with Crippen LogP contribution in [0.3, 0.4) is 0 Å². The molecule has 4 aliphatic rings. The van der Waals surface area contributed by atoms with Crippen molar-refractivity contribution < 1.29 is 22.3 Å². The molecule has 0 aromatic heterocycles. The molecule has 2 N–H and O–H groups in total. The summed E-state index contributed by atoms with van der Waals surface area (Å²) >= 11 is 0. The summed E-state index contributed by atoms with van der Waals surface area (Å²) in [6.45, 7) is 16.8. The van der Waals surface area contributed by atoms with E-state index in [2.05, 4.69) is 54.5 Å². The van der Waals surface area contributed by atoms with Gasteiger partial charge in [-0.1, -0.05) is 66.5 Å². The molecule has 0 amide bonds. The Morgan fingerprint density at radius 1 is 1.11 bits per heavy atom. The highest BCUT2D eigenvalue weighted by Crippen LogP contribution is 2.67. The van der Waals surface area contributed by atoms with Gasteiger partial charge in [0.15, 0.2) is 0 Å². The maximum atomic E-state index is 11.4. The molecule has 0 spiro atoms. The number of aliphatic hydroxyl groups excluding tert-OH is 1. The van der Waals surface area contributed by atoms with Crippen molar-refractivity contribution in [1.82, 2.24) is 0 Å². The standard InChI is InChI=1S/C29H50O5S/c1-18(8-9-19(2)27(3,4)5)22-12-13-23-21-11-10-20-16-25(30)26(34-35(31,32)33)17-29(20,7)24(21)14-15-28(22,23)6/h10,18-19,21-26,30H,8-9,11-17H2,1-7H3,(H,31,32,33). The Kier molecular flexibility index (Phi) is 7.41. The zero-order valence-electron chi connectivity index (χ0n) is 23.1. The van der Waals surface area contributed by atoms with Crippen LogP contribution in [0.2, 0.25) is 0 Å². The first-order valence-corrected chi connectivity index (χ1v) is 15.5. The molecule has 0 heterocycles. The van der Waals surface area contributed by atoms with Crippen LogP contribution in [0.25, 0.3) is 0 Å². The van der Waals surface area contributed by atoms with Crippen LogP contribution in [0.15, 0.2) is 11.6 Å². The first-order valence-electron chi connectivity index (χ1n) is 14.1. The van der Waals surface area contributed by atoms with Crippen LogP contribution in [0.5, 0.6) is 0 Å². The summed E-state index contributed by atoms with van der Waals surface area (Å²) < 4.78 is 37.1. The van der Waals surface area contributed by atoms with Gasteiger partial charge in [-0.05, 0) is 103 Å². The lowest BCUT2D eigenvalue weighted by Gasteiger charge is -2.59. The Morgan fingerprint density at radius 3 is 2.43 bits per heavy atom. The van der Waals surface area contributed by atoms with Crippen LogP contribution < -0.4 is 0 Å². The summed E-state index contributed by atoms with van der Waals surface area (Å²) in [5.74, 6) is 4.05. The van der Waals surface area contributed by atoms with E-state index in [0.29, 0.717) is 41.4 Å². The third-order valence-corrected chi connectivity index (χ3v) is 12.1. The van der Waals surface area contributed by atoms with Gasteiger partial charge in [0.1, 0.15) is 6.10 Å². The van der Waals surface area contributed by atoms with Crippen molar-refractivity contribution in [2.75, 3.05) is 0 Å². The van der Waals surface area contributed by atoms with E-state index in [1.165, 1.54) is 37.7 Å². The van der Waals surface area contributed by atoms with Gasteiger partial charge in [0.25, 0.3) is 0 Å². The third-order valence-electron chi connectivity index (χ3n) is 11.6. The minimum Gasteiger partial charge on any atom is -0.390 e. The maximum absolute atomic E-state index is 11.4. The number of fused-ring (bicyclic) bond motifs is 5. The summed E-state index contributed by atoms with van der Waals surface area (Å²) in [7, 11) is -4.59. The van der Waals surface area contributed by atoms with Crippen LogP contribution in [0.1, 0.15) is 106 Å². The van der Waals surface area contributed by atoms with E-state index in [9.17, 15) is 18.1 Å². The minimum atomic E-state index is -4.59. The first kappa shape index (κ1) is 27.6. The van der Waals surface area contributed by atoms with Gasteiger partial charge in [0.05, 0.1) is 6.10 Å². The predicted molar refractivity (Wildman–Crippen MR) is 140 cm³/mol. The van der Waals surface area contributed by atoms with Crippen molar-refractivity contribution in [1.29, 1.82) is 0 Å². The highest BCUT2D eigenvalue weighted by molar-refractivity contribution is 7.80. The van der Waals surface area contributed by atoms with Crippen LogP contribution in [-0.2, 0) is 14.6 Å². The van der Waals surface area contributed by atoms with Gasteiger partial charge in [0, 0.05) is 0 Å². The molecule has 0 aromatic rings. The van der Waals surface area contributed by atoms with Crippen molar-refractivity contribution >= 4 is 10.4 Å². The van der Waals surface area contributed by atoms with E-state index in [4.69, 9.17) is 4.18 Å². The fourth-order valence-electron chi connectivity index (χ4n) is 9.04. The van der Waals surface area contributed by atoms with Crippen molar-refractivity contribution in [3.63, 3.8) is 0 Å². The zero-order valence-corrected chi connectivity index (χ0v) is 23.9. The minimum absolute atomic E-state index is 0.176. The molecule has 3 saturated carbocycles. The van der Waals surface area contributed by atoms with Gasteiger partial charge in [-0.3, -0.25) is 4.55 Å². The van der Waals surface area contributed by atoms with Crippen molar-refractivity contribution in [2.24, 2.45) is 51.8 Å². The molecular weight excluding hydrogens is 460 g/mol. The molecule has 5 nitrogen and oxygen atoms in total. The zero-order chi connectivity index (χ0) is 26.0. The number of hydrogen-bond donors (Lipinski definition) is 2. The van der Waals surface area contributed by atoms with Gasteiger partial charge >= 0.3 is 10.4 Å². The molecule has 10 atom stereocenters. The molecular formula is C29H50O5S. The Hall–Kier alpha value is -0.430. The highest BCUT2D eigenvalue weighted by Gasteiger charge is 2.60. The topological polar surface area (TPSA) is 83.8 Å². The molecule has 0 radical (unpaired) electrons. The van der Waals surface area contributed by atoms with Crippen molar-refractivity contribution in [3.8, 4) is 0 Å². The van der Waals surface area contributed by atoms with E-state index in [0.717, 1.165) is 30.6 Å². The SMILES string of the molecule is CC(CCC(C)C(C)(C)C)C1CCC2C3CC=C4CC(O)C(OS(=O)(=O)O)CC4(C)C3CCC12C.